The molecule has 6 heteroatoms. The molecule has 0 saturated heterocycles. The van der Waals surface area contributed by atoms with Gasteiger partial charge in [0, 0.05) is 12.1 Å². The van der Waals surface area contributed by atoms with Gasteiger partial charge in [-0.1, -0.05) is 13.3 Å². The second kappa shape index (κ2) is 4.40. The van der Waals surface area contributed by atoms with Crippen molar-refractivity contribution in [3.63, 3.8) is 0 Å². The lowest BCUT2D eigenvalue weighted by molar-refractivity contribution is -0.137. The SMILES string of the molecule is CC1CCCC1C(=O)c1cnc(C(F)(F)F)s1. The molecule has 0 radical (unpaired) electrons. The van der Waals surface area contributed by atoms with Gasteiger partial charge < -0.3 is 0 Å². The van der Waals surface area contributed by atoms with E-state index >= 15 is 0 Å². The first kappa shape index (κ1) is 12.5. The molecule has 94 valence electrons. The lowest BCUT2D eigenvalue weighted by Gasteiger charge is -2.11. The quantitative estimate of drug-likeness (QED) is 0.760. The van der Waals surface area contributed by atoms with Crippen LogP contribution in [-0.4, -0.2) is 10.8 Å². The third-order valence-corrected chi connectivity index (χ3v) is 4.25. The molecule has 1 aromatic heterocycles. The van der Waals surface area contributed by atoms with Gasteiger partial charge in [0.05, 0.1) is 4.88 Å². The topological polar surface area (TPSA) is 30.0 Å². The molecule has 2 atom stereocenters. The van der Waals surface area contributed by atoms with Crippen LogP contribution < -0.4 is 0 Å². The van der Waals surface area contributed by atoms with Gasteiger partial charge in [0.25, 0.3) is 0 Å². The molecule has 0 aromatic carbocycles. The summed E-state index contributed by atoms with van der Waals surface area (Å²) in [5, 5.41) is -0.938. The Morgan fingerprint density at radius 3 is 2.65 bits per heavy atom. The van der Waals surface area contributed by atoms with Crippen molar-refractivity contribution >= 4 is 17.1 Å². The molecule has 0 spiro atoms. The fourth-order valence-corrected chi connectivity index (χ4v) is 3.02. The van der Waals surface area contributed by atoms with Crippen LogP contribution in [0.4, 0.5) is 13.2 Å². The number of thiazole rings is 1. The molecule has 1 aromatic rings. The van der Waals surface area contributed by atoms with Gasteiger partial charge in [0.15, 0.2) is 10.8 Å². The molecule has 1 heterocycles. The second-order valence-corrected chi connectivity index (χ2v) is 5.44. The molecule has 2 unspecified atom stereocenters. The van der Waals surface area contributed by atoms with Crippen LogP contribution in [0.2, 0.25) is 0 Å². The number of hydrogen-bond acceptors (Lipinski definition) is 3. The maximum atomic E-state index is 12.4. The Labute approximate surface area is 101 Å². The number of rotatable bonds is 2. The zero-order chi connectivity index (χ0) is 12.6. The van der Waals surface area contributed by atoms with E-state index in [0.717, 1.165) is 25.5 Å². The van der Waals surface area contributed by atoms with Gasteiger partial charge in [0.2, 0.25) is 0 Å². The molecule has 17 heavy (non-hydrogen) atoms. The highest BCUT2D eigenvalue weighted by Crippen LogP contribution is 2.37. The van der Waals surface area contributed by atoms with Crippen molar-refractivity contribution in [3.8, 4) is 0 Å². The van der Waals surface area contributed by atoms with Crippen LogP contribution in [0.15, 0.2) is 6.20 Å². The van der Waals surface area contributed by atoms with Gasteiger partial charge in [-0.25, -0.2) is 4.98 Å². The molecule has 0 N–H and O–H groups in total. The first-order valence-corrected chi connectivity index (χ1v) is 6.28. The Balaban J connectivity index is 2.18. The lowest BCUT2D eigenvalue weighted by Crippen LogP contribution is -2.15. The van der Waals surface area contributed by atoms with E-state index in [0.29, 0.717) is 11.3 Å². The minimum Gasteiger partial charge on any atom is -0.293 e. The lowest BCUT2D eigenvalue weighted by atomic mass is 9.93. The number of nitrogens with zero attached hydrogens (tertiary/aromatic N) is 1. The summed E-state index contributed by atoms with van der Waals surface area (Å²) in [5.41, 5.74) is 0. The predicted octanol–water partition coefficient (Wildman–Crippen LogP) is 3.78. The van der Waals surface area contributed by atoms with Crippen molar-refractivity contribution in [1.82, 2.24) is 4.98 Å². The number of aromatic nitrogens is 1. The van der Waals surface area contributed by atoms with Crippen LogP contribution in [0.1, 0.15) is 40.9 Å². The number of alkyl halides is 3. The van der Waals surface area contributed by atoms with Crippen molar-refractivity contribution in [1.29, 1.82) is 0 Å². The Bertz CT molecular complexity index is 427. The molecule has 0 bridgehead atoms. The van der Waals surface area contributed by atoms with E-state index in [9.17, 15) is 18.0 Å². The third-order valence-electron chi connectivity index (χ3n) is 3.19. The normalized spacial score (nSPS) is 25.2. The summed E-state index contributed by atoms with van der Waals surface area (Å²) in [4.78, 5) is 15.4. The summed E-state index contributed by atoms with van der Waals surface area (Å²) in [6.45, 7) is 1.97. The molecule has 0 amide bonds. The number of carbonyl (C=O) groups is 1. The highest BCUT2D eigenvalue weighted by Gasteiger charge is 2.37. The molecule has 1 aliphatic rings. The van der Waals surface area contributed by atoms with Crippen molar-refractivity contribution in [2.24, 2.45) is 11.8 Å². The van der Waals surface area contributed by atoms with Gasteiger partial charge in [-0.3, -0.25) is 4.79 Å². The zero-order valence-corrected chi connectivity index (χ0v) is 10.1. The van der Waals surface area contributed by atoms with Gasteiger partial charge in [0.1, 0.15) is 0 Å². The van der Waals surface area contributed by atoms with Crippen LogP contribution in [0.5, 0.6) is 0 Å². The van der Waals surface area contributed by atoms with E-state index in [2.05, 4.69) is 4.98 Å². The number of Topliss-reactive ketones (excluding diaryl/α,β-unsaturated/α-hetero) is 1. The second-order valence-electron chi connectivity index (χ2n) is 4.41. The monoisotopic (exact) mass is 263 g/mol. The van der Waals surface area contributed by atoms with Gasteiger partial charge >= 0.3 is 6.18 Å². The first-order chi connectivity index (χ1) is 7.89. The average Bonchev–Trinajstić information content (AvgIpc) is 2.83. The Morgan fingerprint density at radius 1 is 1.47 bits per heavy atom. The van der Waals surface area contributed by atoms with Crippen molar-refractivity contribution < 1.29 is 18.0 Å². The molecule has 2 nitrogen and oxygen atoms in total. The summed E-state index contributed by atoms with van der Waals surface area (Å²) in [6.07, 6.45) is -0.672. The minimum atomic E-state index is -4.45. The molecule has 2 rings (SSSR count). The fraction of sp³-hybridized carbons (Fsp3) is 0.636. The Morgan fingerprint density at radius 2 is 2.18 bits per heavy atom. The number of carbonyl (C=O) groups excluding carboxylic acids is 1. The van der Waals surface area contributed by atoms with Crippen molar-refractivity contribution in [2.75, 3.05) is 0 Å². The maximum absolute atomic E-state index is 12.4. The van der Waals surface area contributed by atoms with Gasteiger partial charge in [-0.15, -0.1) is 11.3 Å². The first-order valence-electron chi connectivity index (χ1n) is 5.47. The summed E-state index contributed by atoms with van der Waals surface area (Å²) < 4.78 is 37.1. The zero-order valence-electron chi connectivity index (χ0n) is 9.25. The minimum absolute atomic E-state index is 0.128. The highest BCUT2D eigenvalue weighted by molar-refractivity contribution is 7.13. The van der Waals surface area contributed by atoms with E-state index in [4.69, 9.17) is 0 Å². The summed E-state index contributed by atoms with van der Waals surface area (Å²) >= 11 is 0.451. The average molecular weight is 263 g/mol. The Kier molecular flexibility index (Phi) is 3.25. The molecule has 0 aliphatic heterocycles. The number of halogens is 3. The van der Waals surface area contributed by atoms with Gasteiger partial charge in [-0.05, 0) is 18.8 Å². The number of hydrogen-bond donors (Lipinski definition) is 0. The standard InChI is InChI=1S/C11H12F3NOS/c1-6-3-2-4-7(6)9(16)8-5-15-10(17-8)11(12,13)14/h5-7H,2-4H2,1H3. The summed E-state index contributed by atoms with van der Waals surface area (Å²) in [5.74, 6) is -0.0431. The van der Waals surface area contributed by atoms with E-state index in [-0.39, 0.29) is 22.5 Å². The molecule has 1 fully saturated rings. The molecule has 1 aliphatic carbocycles. The van der Waals surface area contributed by atoms with Crippen LogP contribution in [0.3, 0.4) is 0 Å². The summed E-state index contributed by atoms with van der Waals surface area (Å²) in [7, 11) is 0. The van der Waals surface area contributed by atoms with E-state index in [1.807, 2.05) is 6.92 Å². The van der Waals surface area contributed by atoms with E-state index < -0.39 is 11.2 Å². The van der Waals surface area contributed by atoms with E-state index in [1.165, 1.54) is 0 Å². The van der Waals surface area contributed by atoms with Crippen molar-refractivity contribution in [3.05, 3.63) is 16.1 Å². The molecule has 1 saturated carbocycles. The van der Waals surface area contributed by atoms with Gasteiger partial charge in [-0.2, -0.15) is 13.2 Å². The van der Waals surface area contributed by atoms with Crippen LogP contribution in [-0.2, 0) is 6.18 Å². The maximum Gasteiger partial charge on any atom is 0.443 e. The largest absolute Gasteiger partial charge is 0.443 e. The summed E-state index contributed by atoms with van der Waals surface area (Å²) in [6, 6.07) is 0. The van der Waals surface area contributed by atoms with E-state index in [1.54, 1.807) is 0 Å². The molecular formula is C11H12F3NOS. The predicted molar refractivity (Wildman–Crippen MR) is 58.0 cm³/mol. The third kappa shape index (κ3) is 2.51. The number of ketones is 1. The fourth-order valence-electron chi connectivity index (χ4n) is 2.24. The smallest absolute Gasteiger partial charge is 0.293 e. The highest BCUT2D eigenvalue weighted by atomic mass is 32.1. The Hall–Kier alpha value is -0.910. The van der Waals surface area contributed by atoms with Crippen molar-refractivity contribution in [2.45, 2.75) is 32.4 Å². The van der Waals surface area contributed by atoms with Crippen LogP contribution in [0.25, 0.3) is 0 Å². The van der Waals surface area contributed by atoms with Crippen LogP contribution in [0, 0.1) is 11.8 Å². The molecular weight excluding hydrogens is 251 g/mol. The van der Waals surface area contributed by atoms with Crippen LogP contribution >= 0.6 is 11.3 Å².